The van der Waals surface area contributed by atoms with Gasteiger partial charge in [-0.25, -0.2) is 4.39 Å². The lowest BCUT2D eigenvalue weighted by Crippen LogP contribution is -2.14. The Hall–Kier alpha value is -1.60. The van der Waals surface area contributed by atoms with Crippen LogP contribution in [-0.2, 0) is 0 Å². The molecule has 0 aliphatic rings. The van der Waals surface area contributed by atoms with E-state index in [0.717, 1.165) is 0 Å². The highest BCUT2D eigenvalue weighted by molar-refractivity contribution is 5.36. The van der Waals surface area contributed by atoms with Crippen molar-refractivity contribution in [3.05, 3.63) is 29.6 Å². The minimum absolute atomic E-state index is 0.0191. The number of rotatable bonds is 4. The molecule has 4 heteroatoms. The molecule has 0 fully saturated rings. The first kappa shape index (κ1) is 11.5. The first-order valence-corrected chi connectivity index (χ1v) is 4.65. The zero-order valence-electron chi connectivity index (χ0n) is 8.75. The van der Waals surface area contributed by atoms with Gasteiger partial charge in [0.05, 0.1) is 0 Å². The van der Waals surface area contributed by atoms with Crippen molar-refractivity contribution in [2.75, 3.05) is 13.7 Å². The molecule has 1 aromatic carbocycles. The molecule has 0 aliphatic carbocycles. The standard InChI is InChI=1S/C11H13FN2O/c1-8(14-2)10-7-9(12)3-4-11(10)15-6-5-13/h3-4,7-8,14H,6H2,1-2H3. The van der Waals surface area contributed by atoms with E-state index in [0.29, 0.717) is 11.3 Å². The van der Waals surface area contributed by atoms with E-state index in [1.165, 1.54) is 18.2 Å². The largest absolute Gasteiger partial charge is 0.478 e. The van der Waals surface area contributed by atoms with Crippen molar-refractivity contribution in [1.82, 2.24) is 5.32 Å². The van der Waals surface area contributed by atoms with E-state index in [2.05, 4.69) is 5.32 Å². The molecule has 0 saturated heterocycles. The number of hydrogen-bond donors (Lipinski definition) is 1. The monoisotopic (exact) mass is 208 g/mol. The fourth-order valence-electron chi connectivity index (χ4n) is 1.25. The molecule has 0 amide bonds. The number of nitrogens with one attached hydrogen (secondary N) is 1. The number of nitriles is 1. The second kappa shape index (κ2) is 5.32. The van der Waals surface area contributed by atoms with Crippen LogP contribution in [0.5, 0.6) is 5.75 Å². The van der Waals surface area contributed by atoms with Crippen LogP contribution in [0.4, 0.5) is 4.39 Å². The van der Waals surface area contributed by atoms with Gasteiger partial charge >= 0.3 is 0 Å². The Kier molecular flexibility index (Phi) is 4.07. The summed E-state index contributed by atoms with van der Waals surface area (Å²) >= 11 is 0. The topological polar surface area (TPSA) is 45.0 Å². The lowest BCUT2D eigenvalue weighted by molar-refractivity contribution is 0.359. The van der Waals surface area contributed by atoms with Crippen LogP contribution in [0.2, 0.25) is 0 Å². The molecule has 0 heterocycles. The predicted octanol–water partition coefficient (Wildman–Crippen LogP) is 2.01. The van der Waals surface area contributed by atoms with Gasteiger partial charge in [0.2, 0.25) is 0 Å². The molecule has 0 radical (unpaired) electrons. The second-order valence-corrected chi connectivity index (χ2v) is 3.14. The van der Waals surface area contributed by atoms with Crippen LogP contribution < -0.4 is 10.1 Å². The van der Waals surface area contributed by atoms with Crippen LogP contribution in [0.25, 0.3) is 0 Å². The van der Waals surface area contributed by atoms with Crippen molar-refractivity contribution in [2.45, 2.75) is 13.0 Å². The Morgan fingerprint density at radius 3 is 2.93 bits per heavy atom. The molecule has 1 unspecified atom stereocenters. The van der Waals surface area contributed by atoms with Crippen LogP contribution in [-0.4, -0.2) is 13.7 Å². The van der Waals surface area contributed by atoms with E-state index in [9.17, 15) is 4.39 Å². The second-order valence-electron chi connectivity index (χ2n) is 3.14. The summed E-state index contributed by atoms with van der Waals surface area (Å²) in [6.07, 6.45) is 0. The fraction of sp³-hybridized carbons (Fsp3) is 0.364. The highest BCUT2D eigenvalue weighted by Gasteiger charge is 2.11. The Balaban J connectivity index is 2.98. The first-order valence-electron chi connectivity index (χ1n) is 4.65. The molecule has 15 heavy (non-hydrogen) atoms. The van der Waals surface area contributed by atoms with Gasteiger partial charge in [-0.2, -0.15) is 5.26 Å². The van der Waals surface area contributed by atoms with Crippen molar-refractivity contribution in [2.24, 2.45) is 0 Å². The highest BCUT2D eigenvalue weighted by Crippen LogP contribution is 2.25. The van der Waals surface area contributed by atoms with Crippen molar-refractivity contribution in [1.29, 1.82) is 5.26 Å². The van der Waals surface area contributed by atoms with E-state index in [4.69, 9.17) is 10.00 Å². The Morgan fingerprint density at radius 1 is 1.60 bits per heavy atom. The lowest BCUT2D eigenvalue weighted by atomic mass is 10.1. The quantitative estimate of drug-likeness (QED) is 0.823. The van der Waals surface area contributed by atoms with Crippen LogP contribution >= 0.6 is 0 Å². The SMILES string of the molecule is CNC(C)c1cc(F)ccc1OCC#N. The molecule has 0 aliphatic heterocycles. The number of nitrogens with zero attached hydrogens (tertiary/aromatic N) is 1. The summed E-state index contributed by atoms with van der Waals surface area (Å²) < 4.78 is 18.2. The predicted molar refractivity (Wildman–Crippen MR) is 55.0 cm³/mol. The average Bonchev–Trinajstić information content (AvgIpc) is 2.26. The number of benzene rings is 1. The van der Waals surface area contributed by atoms with E-state index < -0.39 is 0 Å². The average molecular weight is 208 g/mol. The highest BCUT2D eigenvalue weighted by atomic mass is 19.1. The summed E-state index contributed by atoms with van der Waals surface area (Å²) in [7, 11) is 1.78. The lowest BCUT2D eigenvalue weighted by Gasteiger charge is -2.15. The molecule has 0 aromatic heterocycles. The summed E-state index contributed by atoms with van der Waals surface area (Å²) in [5, 5.41) is 11.4. The van der Waals surface area contributed by atoms with Gasteiger partial charge in [0.25, 0.3) is 0 Å². The Labute approximate surface area is 88.5 Å². The summed E-state index contributed by atoms with van der Waals surface area (Å²) in [6.45, 7) is 1.86. The van der Waals surface area contributed by atoms with E-state index in [1.54, 1.807) is 7.05 Å². The van der Waals surface area contributed by atoms with Crippen molar-refractivity contribution in [3.63, 3.8) is 0 Å². The molecule has 1 aromatic rings. The zero-order chi connectivity index (χ0) is 11.3. The molecular formula is C11H13FN2O. The maximum Gasteiger partial charge on any atom is 0.174 e. The van der Waals surface area contributed by atoms with Crippen molar-refractivity contribution >= 4 is 0 Å². The zero-order valence-corrected chi connectivity index (χ0v) is 8.75. The van der Waals surface area contributed by atoms with Gasteiger partial charge in [0.1, 0.15) is 17.6 Å². The minimum atomic E-state index is -0.309. The van der Waals surface area contributed by atoms with E-state index >= 15 is 0 Å². The van der Waals surface area contributed by atoms with Crippen molar-refractivity contribution in [3.8, 4) is 11.8 Å². The summed E-state index contributed by atoms with van der Waals surface area (Å²) in [4.78, 5) is 0. The van der Waals surface area contributed by atoms with Crippen LogP contribution in [0.1, 0.15) is 18.5 Å². The molecule has 1 N–H and O–H groups in total. The van der Waals surface area contributed by atoms with Gasteiger partial charge < -0.3 is 10.1 Å². The van der Waals surface area contributed by atoms with E-state index in [1.807, 2.05) is 13.0 Å². The number of hydrogen-bond acceptors (Lipinski definition) is 3. The molecule has 80 valence electrons. The van der Waals surface area contributed by atoms with Crippen LogP contribution in [0, 0.1) is 17.1 Å². The maximum absolute atomic E-state index is 13.0. The Morgan fingerprint density at radius 2 is 2.33 bits per heavy atom. The molecule has 1 atom stereocenters. The van der Waals surface area contributed by atoms with Gasteiger partial charge in [-0.1, -0.05) is 0 Å². The summed E-state index contributed by atoms with van der Waals surface area (Å²) in [5.74, 6) is 0.233. The third kappa shape index (κ3) is 2.93. The molecule has 1 rings (SSSR count). The van der Waals surface area contributed by atoms with Crippen LogP contribution in [0.3, 0.4) is 0 Å². The molecule has 0 saturated carbocycles. The number of halogens is 1. The smallest absolute Gasteiger partial charge is 0.174 e. The number of ether oxygens (including phenoxy) is 1. The first-order chi connectivity index (χ1) is 7.19. The third-order valence-electron chi connectivity index (χ3n) is 2.16. The molecule has 0 spiro atoms. The normalized spacial score (nSPS) is 11.9. The maximum atomic E-state index is 13.0. The minimum Gasteiger partial charge on any atom is -0.478 e. The summed E-state index contributed by atoms with van der Waals surface area (Å²) in [5.41, 5.74) is 0.716. The van der Waals surface area contributed by atoms with Gasteiger partial charge in [0, 0.05) is 11.6 Å². The third-order valence-corrected chi connectivity index (χ3v) is 2.16. The molecule has 0 bridgehead atoms. The molecule has 3 nitrogen and oxygen atoms in total. The van der Waals surface area contributed by atoms with E-state index in [-0.39, 0.29) is 18.5 Å². The van der Waals surface area contributed by atoms with Crippen LogP contribution in [0.15, 0.2) is 18.2 Å². The van der Waals surface area contributed by atoms with Gasteiger partial charge in [-0.3, -0.25) is 0 Å². The Bertz CT molecular complexity index is 373. The molecular weight excluding hydrogens is 195 g/mol. The van der Waals surface area contributed by atoms with Gasteiger partial charge in [-0.15, -0.1) is 0 Å². The van der Waals surface area contributed by atoms with Crippen molar-refractivity contribution < 1.29 is 9.13 Å². The fourth-order valence-corrected chi connectivity index (χ4v) is 1.25. The van der Waals surface area contributed by atoms with Gasteiger partial charge in [0.15, 0.2) is 6.61 Å². The summed E-state index contributed by atoms with van der Waals surface area (Å²) in [6, 6.07) is 6.13. The van der Waals surface area contributed by atoms with Gasteiger partial charge in [-0.05, 0) is 32.2 Å².